The van der Waals surface area contributed by atoms with E-state index in [-0.39, 0.29) is 18.5 Å². The molecule has 1 rings (SSSR count). The van der Waals surface area contributed by atoms with Crippen molar-refractivity contribution in [2.45, 2.75) is 26.8 Å². The molecule has 1 fully saturated rings. The number of likely N-dealkylation sites (N-methyl/N-ethyl adjacent to an activating group) is 2. The first kappa shape index (κ1) is 16.4. The number of hydrogen-bond donors (Lipinski definition) is 2. The third kappa shape index (κ3) is 4.48. The van der Waals surface area contributed by atoms with E-state index in [0.717, 1.165) is 6.54 Å². The van der Waals surface area contributed by atoms with Gasteiger partial charge in [-0.15, -0.1) is 0 Å². The van der Waals surface area contributed by atoms with Crippen LogP contribution in [0.15, 0.2) is 0 Å². The number of hydrogen-bond acceptors (Lipinski definition) is 4. The van der Waals surface area contributed by atoms with Gasteiger partial charge in [-0.05, 0) is 20.4 Å². The molecule has 0 spiro atoms. The largest absolute Gasteiger partial charge is 0.353 e. The summed E-state index contributed by atoms with van der Waals surface area (Å²) in [6, 6.07) is 0.179. The Kier molecular flexibility index (Phi) is 6.44. The fourth-order valence-electron chi connectivity index (χ4n) is 2.08. The molecule has 20 heavy (non-hydrogen) atoms. The molecule has 1 atom stereocenters. The molecule has 0 aromatic rings. The van der Waals surface area contributed by atoms with E-state index in [2.05, 4.69) is 10.6 Å². The fourth-order valence-corrected chi connectivity index (χ4v) is 2.08. The Morgan fingerprint density at radius 2 is 1.80 bits per heavy atom. The highest BCUT2D eigenvalue weighted by Crippen LogP contribution is 2.04. The summed E-state index contributed by atoms with van der Waals surface area (Å²) >= 11 is 0. The van der Waals surface area contributed by atoms with Crippen LogP contribution in [0, 0.1) is 0 Å². The molecule has 1 aliphatic heterocycles. The van der Waals surface area contributed by atoms with E-state index in [0.29, 0.717) is 26.2 Å². The van der Waals surface area contributed by atoms with Gasteiger partial charge < -0.3 is 20.4 Å². The molecule has 0 aromatic heterocycles. The summed E-state index contributed by atoms with van der Waals surface area (Å²) < 4.78 is 0. The predicted octanol–water partition coefficient (Wildman–Crippen LogP) is -1.21. The van der Waals surface area contributed by atoms with Crippen molar-refractivity contribution >= 4 is 17.7 Å². The average molecular weight is 284 g/mol. The van der Waals surface area contributed by atoms with Gasteiger partial charge >= 0.3 is 11.8 Å². The minimum atomic E-state index is -0.590. The fraction of sp³-hybridized carbons (Fsp3) is 0.769. The zero-order chi connectivity index (χ0) is 15.1. The van der Waals surface area contributed by atoms with Crippen LogP contribution in [0.3, 0.4) is 0 Å². The van der Waals surface area contributed by atoms with Gasteiger partial charge in [0.1, 0.15) is 6.54 Å². The summed E-state index contributed by atoms with van der Waals surface area (Å²) in [6.07, 6.45) is 0. The SMILES string of the molecule is CCN[C@H](C)CNC(=O)CN1CCN(CC)C(=O)C1=O. The van der Waals surface area contributed by atoms with Gasteiger partial charge in [0.2, 0.25) is 5.91 Å². The number of nitrogens with zero attached hydrogens (tertiary/aromatic N) is 2. The number of rotatable bonds is 7. The molecule has 0 saturated carbocycles. The Hall–Kier alpha value is -1.63. The number of carbonyl (C=O) groups is 3. The van der Waals surface area contributed by atoms with Crippen molar-refractivity contribution in [3.63, 3.8) is 0 Å². The van der Waals surface area contributed by atoms with Crippen LogP contribution in [0.1, 0.15) is 20.8 Å². The maximum atomic E-state index is 11.8. The Labute approximate surface area is 119 Å². The second-order valence-electron chi connectivity index (χ2n) is 4.87. The van der Waals surface area contributed by atoms with Gasteiger partial charge in [-0.1, -0.05) is 6.92 Å². The summed E-state index contributed by atoms with van der Waals surface area (Å²) in [6.45, 7) is 8.50. The van der Waals surface area contributed by atoms with E-state index in [4.69, 9.17) is 0 Å². The van der Waals surface area contributed by atoms with Crippen molar-refractivity contribution in [2.24, 2.45) is 0 Å². The monoisotopic (exact) mass is 284 g/mol. The van der Waals surface area contributed by atoms with Gasteiger partial charge in [0.05, 0.1) is 0 Å². The molecule has 7 heteroatoms. The van der Waals surface area contributed by atoms with Gasteiger partial charge in [0, 0.05) is 32.2 Å². The molecule has 0 unspecified atom stereocenters. The van der Waals surface area contributed by atoms with Crippen LogP contribution >= 0.6 is 0 Å². The zero-order valence-electron chi connectivity index (χ0n) is 12.4. The average Bonchev–Trinajstić information content (AvgIpc) is 2.42. The van der Waals surface area contributed by atoms with E-state index in [1.54, 1.807) is 0 Å². The van der Waals surface area contributed by atoms with Crippen molar-refractivity contribution in [1.29, 1.82) is 0 Å². The van der Waals surface area contributed by atoms with Crippen molar-refractivity contribution in [1.82, 2.24) is 20.4 Å². The Bertz CT molecular complexity index is 373. The third-order valence-electron chi connectivity index (χ3n) is 3.27. The minimum absolute atomic E-state index is 0.0546. The van der Waals surface area contributed by atoms with Crippen LogP contribution in [0.4, 0.5) is 0 Å². The molecule has 3 amide bonds. The van der Waals surface area contributed by atoms with Gasteiger partial charge in [-0.2, -0.15) is 0 Å². The Morgan fingerprint density at radius 3 is 2.40 bits per heavy atom. The van der Waals surface area contributed by atoms with Crippen LogP contribution in [0.2, 0.25) is 0 Å². The molecule has 0 radical (unpaired) electrons. The van der Waals surface area contributed by atoms with Crippen molar-refractivity contribution in [3.05, 3.63) is 0 Å². The van der Waals surface area contributed by atoms with Crippen molar-refractivity contribution < 1.29 is 14.4 Å². The van der Waals surface area contributed by atoms with E-state index in [1.165, 1.54) is 9.80 Å². The smallest absolute Gasteiger partial charge is 0.312 e. The van der Waals surface area contributed by atoms with Crippen LogP contribution in [-0.4, -0.2) is 72.8 Å². The Morgan fingerprint density at radius 1 is 1.20 bits per heavy atom. The molecule has 0 aromatic carbocycles. The highest BCUT2D eigenvalue weighted by molar-refractivity contribution is 6.35. The summed E-state index contributed by atoms with van der Waals surface area (Å²) in [4.78, 5) is 38.1. The normalized spacial score (nSPS) is 17.4. The standard InChI is InChI=1S/C13H24N4O3/c1-4-14-10(3)8-15-11(18)9-17-7-6-16(5-2)12(19)13(17)20/h10,14H,4-9H2,1-3H3,(H,15,18)/t10-/m1/s1. The molecule has 1 saturated heterocycles. The lowest BCUT2D eigenvalue weighted by atomic mass is 10.2. The van der Waals surface area contributed by atoms with Crippen LogP contribution in [-0.2, 0) is 14.4 Å². The van der Waals surface area contributed by atoms with E-state index >= 15 is 0 Å². The maximum absolute atomic E-state index is 11.8. The number of amides is 3. The third-order valence-corrected chi connectivity index (χ3v) is 3.27. The van der Waals surface area contributed by atoms with Crippen LogP contribution < -0.4 is 10.6 Å². The van der Waals surface area contributed by atoms with Gasteiger partial charge in [-0.25, -0.2) is 0 Å². The molecule has 7 nitrogen and oxygen atoms in total. The lowest BCUT2D eigenvalue weighted by Gasteiger charge is -2.32. The van der Waals surface area contributed by atoms with E-state index in [9.17, 15) is 14.4 Å². The second-order valence-corrected chi connectivity index (χ2v) is 4.87. The van der Waals surface area contributed by atoms with E-state index in [1.807, 2.05) is 20.8 Å². The summed E-state index contributed by atoms with van der Waals surface area (Å²) in [5.74, 6) is -1.35. The Balaban J connectivity index is 2.39. The molecular formula is C13H24N4O3. The molecule has 114 valence electrons. The highest BCUT2D eigenvalue weighted by atomic mass is 16.2. The summed E-state index contributed by atoms with van der Waals surface area (Å²) in [5.41, 5.74) is 0. The summed E-state index contributed by atoms with van der Waals surface area (Å²) in [7, 11) is 0. The topological polar surface area (TPSA) is 81.8 Å². The van der Waals surface area contributed by atoms with Gasteiger partial charge in [0.25, 0.3) is 0 Å². The predicted molar refractivity (Wildman–Crippen MR) is 75.0 cm³/mol. The molecule has 0 bridgehead atoms. The first-order valence-electron chi connectivity index (χ1n) is 7.07. The highest BCUT2D eigenvalue weighted by Gasteiger charge is 2.32. The molecule has 1 heterocycles. The summed E-state index contributed by atoms with van der Waals surface area (Å²) in [5, 5.41) is 5.93. The van der Waals surface area contributed by atoms with E-state index < -0.39 is 11.8 Å². The minimum Gasteiger partial charge on any atom is -0.353 e. The number of carbonyl (C=O) groups excluding carboxylic acids is 3. The lowest BCUT2D eigenvalue weighted by molar-refractivity contribution is -0.156. The quantitative estimate of drug-likeness (QED) is 0.575. The van der Waals surface area contributed by atoms with Crippen molar-refractivity contribution in [3.8, 4) is 0 Å². The molecule has 1 aliphatic rings. The van der Waals surface area contributed by atoms with Gasteiger partial charge in [-0.3, -0.25) is 14.4 Å². The van der Waals surface area contributed by atoms with Crippen molar-refractivity contribution in [2.75, 3.05) is 39.3 Å². The lowest BCUT2D eigenvalue weighted by Crippen LogP contribution is -2.56. The van der Waals surface area contributed by atoms with Gasteiger partial charge in [0.15, 0.2) is 0 Å². The number of piperazine rings is 1. The number of nitrogens with one attached hydrogen (secondary N) is 2. The first-order chi connectivity index (χ1) is 9.49. The molecule has 2 N–H and O–H groups in total. The molecule has 0 aliphatic carbocycles. The van der Waals surface area contributed by atoms with Crippen LogP contribution in [0.25, 0.3) is 0 Å². The zero-order valence-corrected chi connectivity index (χ0v) is 12.4. The van der Waals surface area contributed by atoms with Crippen LogP contribution in [0.5, 0.6) is 0 Å². The molecular weight excluding hydrogens is 260 g/mol. The maximum Gasteiger partial charge on any atom is 0.312 e. The second kappa shape index (κ2) is 7.84. The first-order valence-corrected chi connectivity index (χ1v) is 7.07.